The van der Waals surface area contributed by atoms with E-state index < -0.39 is 0 Å². The quantitative estimate of drug-likeness (QED) is 0.324. The van der Waals surface area contributed by atoms with Gasteiger partial charge in [-0.05, 0) is 54.0 Å². The lowest BCUT2D eigenvalue weighted by Gasteiger charge is -2.35. The normalized spacial score (nSPS) is 15.7. The molecule has 35 heavy (non-hydrogen) atoms. The van der Waals surface area contributed by atoms with E-state index in [2.05, 4.69) is 57.6 Å². The van der Waals surface area contributed by atoms with Crippen LogP contribution < -0.4 is 4.90 Å². The molecular weight excluding hydrogens is 452 g/mol. The molecule has 2 aromatic carbocycles. The summed E-state index contributed by atoms with van der Waals surface area (Å²) in [6.45, 7) is 2.93. The van der Waals surface area contributed by atoms with Crippen LogP contribution >= 0.6 is 11.3 Å². The summed E-state index contributed by atoms with van der Waals surface area (Å²) < 4.78 is 0. The first kappa shape index (κ1) is 23.2. The molecule has 4 aromatic rings. The van der Waals surface area contributed by atoms with Gasteiger partial charge in [-0.3, -0.25) is 4.79 Å². The second kappa shape index (κ2) is 11.3. The highest BCUT2D eigenvalue weighted by atomic mass is 32.1. The molecule has 0 bridgehead atoms. The number of piperidine rings is 1. The molecule has 1 saturated heterocycles. The van der Waals surface area contributed by atoms with Crippen molar-refractivity contribution >= 4 is 23.1 Å². The standard InChI is InChI=1S/C29H30N4OS/c34-29(33(21-24-11-5-2-6-12-24)19-17-23-9-3-1-4-10-23)25-13-7-18-32(22-25)28-16-15-26(30-31-28)27-14-8-20-35-27/h1-6,8-12,14-16,20,25H,7,13,17-19,21-22H2. The lowest BCUT2D eigenvalue weighted by atomic mass is 9.96. The number of hydrogen-bond donors (Lipinski definition) is 0. The van der Waals surface area contributed by atoms with Gasteiger partial charge in [-0.15, -0.1) is 21.5 Å². The molecule has 1 aliphatic rings. The maximum atomic E-state index is 13.8. The fourth-order valence-electron chi connectivity index (χ4n) is 4.67. The zero-order valence-corrected chi connectivity index (χ0v) is 20.6. The smallest absolute Gasteiger partial charge is 0.227 e. The summed E-state index contributed by atoms with van der Waals surface area (Å²) >= 11 is 1.66. The van der Waals surface area contributed by atoms with Crippen molar-refractivity contribution in [3.8, 4) is 10.6 Å². The molecule has 0 spiro atoms. The van der Waals surface area contributed by atoms with Gasteiger partial charge < -0.3 is 9.80 Å². The summed E-state index contributed by atoms with van der Waals surface area (Å²) in [5.41, 5.74) is 3.31. The molecule has 5 rings (SSSR count). The number of anilines is 1. The predicted octanol–water partition coefficient (Wildman–Crippen LogP) is 5.69. The molecule has 0 radical (unpaired) electrons. The lowest BCUT2D eigenvalue weighted by molar-refractivity contribution is -0.136. The van der Waals surface area contributed by atoms with E-state index in [4.69, 9.17) is 0 Å². The summed E-state index contributed by atoms with van der Waals surface area (Å²) in [7, 11) is 0. The molecule has 0 saturated carbocycles. The maximum Gasteiger partial charge on any atom is 0.227 e. The highest BCUT2D eigenvalue weighted by Gasteiger charge is 2.30. The number of rotatable bonds is 8. The van der Waals surface area contributed by atoms with Gasteiger partial charge in [0, 0.05) is 26.2 Å². The molecule has 0 N–H and O–H groups in total. The van der Waals surface area contributed by atoms with Gasteiger partial charge in [0.1, 0.15) is 5.69 Å². The van der Waals surface area contributed by atoms with Gasteiger partial charge in [0.2, 0.25) is 5.91 Å². The van der Waals surface area contributed by atoms with Crippen molar-refractivity contribution in [3.05, 3.63) is 101 Å². The van der Waals surface area contributed by atoms with Crippen molar-refractivity contribution in [2.45, 2.75) is 25.8 Å². The summed E-state index contributed by atoms with van der Waals surface area (Å²) in [5.74, 6) is 1.04. The van der Waals surface area contributed by atoms with Crippen LogP contribution in [0, 0.1) is 5.92 Å². The Morgan fingerprint density at radius 1 is 0.914 bits per heavy atom. The van der Waals surface area contributed by atoms with Crippen LogP contribution in [-0.2, 0) is 17.8 Å². The Morgan fingerprint density at radius 3 is 2.37 bits per heavy atom. The summed E-state index contributed by atoms with van der Waals surface area (Å²) in [4.78, 5) is 19.2. The lowest BCUT2D eigenvalue weighted by Crippen LogP contribution is -2.45. The maximum absolute atomic E-state index is 13.8. The van der Waals surface area contributed by atoms with Gasteiger partial charge in [0.15, 0.2) is 5.82 Å². The van der Waals surface area contributed by atoms with Gasteiger partial charge in [-0.25, -0.2) is 0 Å². The average Bonchev–Trinajstić information content (AvgIpc) is 3.47. The molecule has 2 aromatic heterocycles. The van der Waals surface area contributed by atoms with E-state index in [1.807, 2.05) is 52.7 Å². The summed E-state index contributed by atoms with van der Waals surface area (Å²) in [6.07, 6.45) is 2.74. The second-order valence-corrected chi connectivity index (χ2v) is 9.97. The zero-order valence-electron chi connectivity index (χ0n) is 19.8. The number of thiophene rings is 1. The van der Waals surface area contributed by atoms with Crippen LogP contribution in [-0.4, -0.2) is 40.6 Å². The minimum atomic E-state index is -0.0398. The number of benzene rings is 2. The van der Waals surface area contributed by atoms with E-state index in [0.717, 1.165) is 47.8 Å². The topological polar surface area (TPSA) is 49.3 Å². The number of hydrogen-bond acceptors (Lipinski definition) is 5. The van der Waals surface area contributed by atoms with Gasteiger partial charge in [0.25, 0.3) is 0 Å². The fourth-order valence-corrected chi connectivity index (χ4v) is 5.36. The van der Waals surface area contributed by atoms with Crippen LogP contribution in [0.4, 0.5) is 5.82 Å². The number of nitrogens with zero attached hydrogens (tertiary/aromatic N) is 4. The monoisotopic (exact) mass is 482 g/mol. The second-order valence-electron chi connectivity index (χ2n) is 9.02. The number of carbonyl (C=O) groups is 1. The van der Waals surface area contributed by atoms with Gasteiger partial charge in [-0.2, -0.15) is 0 Å². The Bertz CT molecular complexity index is 1200. The minimum absolute atomic E-state index is 0.0398. The van der Waals surface area contributed by atoms with Crippen LogP contribution in [0.25, 0.3) is 10.6 Å². The van der Waals surface area contributed by atoms with Crippen LogP contribution in [0.2, 0.25) is 0 Å². The van der Waals surface area contributed by atoms with Gasteiger partial charge >= 0.3 is 0 Å². The molecule has 1 fully saturated rings. The van der Waals surface area contributed by atoms with Crippen LogP contribution in [0.15, 0.2) is 90.3 Å². The third-order valence-corrected chi connectivity index (χ3v) is 7.45. The molecule has 6 heteroatoms. The van der Waals surface area contributed by atoms with Crippen molar-refractivity contribution in [1.29, 1.82) is 0 Å². The van der Waals surface area contributed by atoms with Crippen molar-refractivity contribution in [3.63, 3.8) is 0 Å². The summed E-state index contributed by atoms with van der Waals surface area (Å²) in [6, 6.07) is 28.8. The van der Waals surface area contributed by atoms with Crippen molar-refractivity contribution < 1.29 is 4.79 Å². The molecule has 5 nitrogen and oxygen atoms in total. The SMILES string of the molecule is O=C(C1CCCN(c2ccc(-c3cccs3)nn2)C1)N(CCc1ccccc1)Cc1ccccc1. The molecular formula is C29H30N4OS. The molecule has 3 heterocycles. The molecule has 1 amide bonds. The Morgan fingerprint density at radius 2 is 1.69 bits per heavy atom. The first-order valence-corrected chi connectivity index (χ1v) is 13.1. The van der Waals surface area contributed by atoms with Gasteiger partial charge in [0.05, 0.1) is 10.8 Å². The third kappa shape index (κ3) is 5.95. The molecule has 1 unspecified atom stereocenters. The zero-order chi connectivity index (χ0) is 23.9. The molecule has 0 aliphatic carbocycles. The van der Waals surface area contributed by atoms with Crippen LogP contribution in [0.3, 0.4) is 0 Å². The van der Waals surface area contributed by atoms with Crippen molar-refractivity contribution in [2.75, 3.05) is 24.5 Å². The van der Waals surface area contributed by atoms with E-state index in [1.54, 1.807) is 11.3 Å². The van der Waals surface area contributed by atoms with E-state index in [1.165, 1.54) is 5.56 Å². The summed E-state index contributed by atoms with van der Waals surface area (Å²) in [5, 5.41) is 11.0. The Balaban J connectivity index is 1.28. The fraction of sp³-hybridized carbons (Fsp3) is 0.276. The minimum Gasteiger partial charge on any atom is -0.354 e. The van der Waals surface area contributed by atoms with Crippen LogP contribution in [0.5, 0.6) is 0 Å². The Labute approximate surface area is 211 Å². The first-order valence-electron chi connectivity index (χ1n) is 12.3. The average molecular weight is 483 g/mol. The highest BCUT2D eigenvalue weighted by Crippen LogP contribution is 2.26. The first-order chi connectivity index (χ1) is 17.3. The number of carbonyl (C=O) groups excluding carboxylic acids is 1. The number of amides is 1. The predicted molar refractivity (Wildman–Crippen MR) is 142 cm³/mol. The largest absolute Gasteiger partial charge is 0.354 e. The van der Waals surface area contributed by atoms with E-state index >= 15 is 0 Å². The third-order valence-electron chi connectivity index (χ3n) is 6.56. The Kier molecular flexibility index (Phi) is 7.49. The van der Waals surface area contributed by atoms with Crippen molar-refractivity contribution in [2.24, 2.45) is 5.92 Å². The van der Waals surface area contributed by atoms with E-state index in [9.17, 15) is 4.79 Å². The Hall–Kier alpha value is -3.51. The molecule has 1 aliphatic heterocycles. The van der Waals surface area contributed by atoms with Gasteiger partial charge in [-0.1, -0.05) is 66.7 Å². The van der Waals surface area contributed by atoms with Crippen LogP contribution in [0.1, 0.15) is 24.0 Å². The van der Waals surface area contributed by atoms with E-state index in [0.29, 0.717) is 19.6 Å². The van der Waals surface area contributed by atoms with E-state index in [-0.39, 0.29) is 11.8 Å². The van der Waals surface area contributed by atoms with Crippen molar-refractivity contribution in [1.82, 2.24) is 15.1 Å². The molecule has 178 valence electrons. The highest BCUT2D eigenvalue weighted by molar-refractivity contribution is 7.13. The number of aromatic nitrogens is 2. The molecule has 1 atom stereocenters.